The van der Waals surface area contributed by atoms with Gasteiger partial charge in [0.1, 0.15) is 0 Å². The highest BCUT2D eigenvalue weighted by atomic mass is 32.2. The Balaban J connectivity index is 2.09. The van der Waals surface area contributed by atoms with Gasteiger partial charge in [-0.25, -0.2) is 13.1 Å². The third-order valence-electron chi connectivity index (χ3n) is 3.44. The molecule has 4 heteroatoms. The molecule has 0 heterocycles. The standard InChI is InChI=1S/C18H23NO2S/c1-18(2,3)13-14-19-22(20,21)17-11-9-16(10-12-17)15-7-5-4-6-8-15/h4-12,19H,13-14H2,1-3H3. The molecule has 0 radical (unpaired) electrons. The van der Waals surface area contributed by atoms with Crippen LogP contribution in [0.4, 0.5) is 0 Å². The van der Waals surface area contributed by atoms with Crippen LogP contribution in [0.15, 0.2) is 59.5 Å². The third-order valence-corrected chi connectivity index (χ3v) is 4.92. The van der Waals surface area contributed by atoms with Crippen LogP contribution < -0.4 is 4.72 Å². The molecule has 0 spiro atoms. The lowest BCUT2D eigenvalue weighted by atomic mass is 9.93. The summed E-state index contributed by atoms with van der Waals surface area (Å²) in [6.07, 6.45) is 0.800. The zero-order valence-electron chi connectivity index (χ0n) is 13.3. The van der Waals surface area contributed by atoms with Gasteiger partial charge in [-0.15, -0.1) is 0 Å². The van der Waals surface area contributed by atoms with E-state index in [2.05, 4.69) is 25.5 Å². The fraction of sp³-hybridized carbons (Fsp3) is 0.333. The summed E-state index contributed by atoms with van der Waals surface area (Å²) in [6, 6.07) is 16.9. The molecule has 22 heavy (non-hydrogen) atoms. The van der Waals surface area contributed by atoms with Crippen LogP contribution in [-0.4, -0.2) is 15.0 Å². The molecule has 118 valence electrons. The molecule has 0 aliphatic carbocycles. The Bertz CT molecular complexity index is 699. The van der Waals surface area contributed by atoms with E-state index in [1.54, 1.807) is 12.1 Å². The van der Waals surface area contributed by atoms with Gasteiger partial charge in [-0.05, 0) is 35.1 Å². The summed E-state index contributed by atoms with van der Waals surface area (Å²) in [4.78, 5) is 0.307. The van der Waals surface area contributed by atoms with E-state index in [0.717, 1.165) is 17.5 Å². The maximum absolute atomic E-state index is 12.3. The smallest absolute Gasteiger partial charge is 0.211 e. The van der Waals surface area contributed by atoms with Crippen molar-refractivity contribution in [3.8, 4) is 11.1 Å². The van der Waals surface area contributed by atoms with Gasteiger partial charge in [0.05, 0.1) is 4.90 Å². The molecule has 0 fully saturated rings. The van der Waals surface area contributed by atoms with Crippen molar-refractivity contribution in [2.75, 3.05) is 6.54 Å². The summed E-state index contributed by atoms with van der Waals surface area (Å²) < 4.78 is 27.2. The Hall–Kier alpha value is -1.65. The first-order valence-electron chi connectivity index (χ1n) is 7.43. The molecule has 0 amide bonds. The van der Waals surface area contributed by atoms with E-state index >= 15 is 0 Å². The largest absolute Gasteiger partial charge is 0.240 e. The summed E-state index contributed by atoms with van der Waals surface area (Å²) in [5.41, 5.74) is 2.20. The zero-order valence-corrected chi connectivity index (χ0v) is 14.2. The topological polar surface area (TPSA) is 46.2 Å². The number of hydrogen-bond acceptors (Lipinski definition) is 2. The van der Waals surface area contributed by atoms with Crippen LogP contribution in [0.1, 0.15) is 27.2 Å². The number of sulfonamides is 1. The van der Waals surface area contributed by atoms with Crippen LogP contribution in [0, 0.1) is 5.41 Å². The highest BCUT2D eigenvalue weighted by Gasteiger charge is 2.16. The molecule has 2 aromatic rings. The molecule has 2 rings (SSSR count). The SMILES string of the molecule is CC(C)(C)CCNS(=O)(=O)c1ccc(-c2ccccc2)cc1. The molecule has 2 aromatic carbocycles. The molecule has 0 unspecified atom stereocenters. The Labute approximate surface area is 133 Å². The second-order valence-electron chi connectivity index (χ2n) is 6.60. The molecule has 1 N–H and O–H groups in total. The predicted octanol–water partition coefficient (Wildman–Crippen LogP) is 4.07. The van der Waals surface area contributed by atoms with Gasteiger partial charge in [0, 0.05) is 6.54 Å². The Morgan fingerprint density at radius 2 is 1.41 bits per heavy atom. The lowest BCUT2D eigenvalue weighted by Crippen LogP contribution is -2.27. The minimum atomic E-state index is -3.43. The maximum atomic E-state index is 12.3. The summed E-state index contributed by atoms with van der Waals surface area (Å²) in [5.74, 6) is 0. The minimum Gasteiger partial charge on any atom is -0.211 e. The molecule has 0 saturated carbocycles. The lowest BCUT2D eigenvalue weighted by molar-refractivity contribution is 0.378. The second-order valence-corrected chi connectivity index (χ2v) is 8.37. The number of hydrogen-bond donors (Lipinski definition) is 1. The van der Waals surface area contributed by atoms with Crippen molar-refractivity contribution < 1.29 is 8.42 Å². The highest BCUT2D eigenvalue weighted by Crippen LogP contribution is 2.21. The van der Waals surface area contributed by atoms with Gasteiger partial charge in [-0.3, -0.25) is 0 Å². The minimum absolute atomic E-state index is 0.111. The van der Waals surface area contributed by atoms with E-state index in [9.17, 15) is 8.42 Å². The van der Waals surface area contributed by atoms with E-state index < -0.39 is 10.0 Å². The van der Waals surface area contributed by atoms with E-state index in [-0.39, 0.29) is 5.41 Å². The van der Waals surface area contributed by atoms with Crippen LogP contribution in [0.5, 0.6) is 0 Å². The molecule has 0 aliphatic heterocycles. The Morgan fingerprint density at radius 3 is 1.95 bits per heavy atom. The van der Waals surface area contributed by atoms with Crippen molar-refractivity contribution in [2.24, 2.45) is 5.41 Å². The van der Waals surface area contributed by atoms with Crippen molar-refractivity contribution in [3.63, 3.8) is 0 Å². The first-order chi connectivity index (χ1) is 10.3. The highest BCUT2D eigenvalue weighted by molar-refractivity contribution is 7.89. The molecule has 0 bridgehead atoms. The van der Waals surface area contributed by atoms with Crippen LogP contribution in [-0.2, 0) is 10.0 Å². The van der Waals surface area contributed by atoms with Crippen molar-refractivity contribution in [1.82, 2.24) is 4.72 Å². The molecule has 0 aliphatic rings. The molecular weight excluding hydrogens is 294 g/mol. The van der Waals surface area contributed by atoms with Gasteiger partial charge >= 0.3 is 0 Å². The fourth-order valence-corrected chi connectivity index (χ4v) is 3.13. The molecular formula is C18H23NO2S. The fourth-order valence-electron chi connectivity index (χ4n) is 2.10. The molecule has 0 atom stereocenters. The van der Waals surface area contributed by atoms with Gasteiger partial charge in [0.15, 0.2) is 0 Å². The van der Waals surface area contributed by atoms with Gasteiger partial charge in [-0.1, -0.05) is 63.2 Å². The van der Waals surface area contributed by atoms with E-state index in [1.807, 2.05) is 42.5 Å². The van der Waals surface area contributed by atoms with Gasteiger partial charge < -0.3 is 0 Å². The predicted molar refractivity (Wildman–Crippen MR) is 91.1 cm³/mol. The van der Waals surface area contributed by atoms with E-state index in [4.69, 9.17) is 0 Å². The summed E-state index contributed by atoms with van der Waals surface area (Å²) >= 11 is 0. The van der Waals surface area contributed by atoms with Crippen LogP contribution in [0.25, 0.3) is 11.1 Å². The third kappa shape index (κ3) is 4.68. The first kappa shape index (κ1) is 16.7. The van der Waals surface area contributed by atoms with Crippen LogP contribution in [0.2, 0.25) is 0 Å². The van der Waals surface area contributed by atoms with E-state index in [1.165, 1.54) is 0 Å². The van der Waals surface area contributed by atoms with E-state index in [0.29, 0.717) is 11.4 Å². The molecule has 0 aromatic heterocycles. The zero-order chi connectivity index (χ0) is 16.2. The molecule has 3 nitrogen and oxygen atoms in total. The maximum Gasteiger partial charge on any atom is 0.240 e. The first-order valence-corrected chi connectivity index (χ1v) is 8.91. The van der Waals surface area contributed by atoms with Crippen LogP contribution in [0.3, 0.4) is 0 Å². The summed E-state index contributed by atoms with van der Waals surface area (Å²) in [7, 11) is -3.43. The normalized spacial score (nSPS) is 12.3. The summed E-state index contributed by atoms with van der Waals surface area (Å²) in [5, 5.41) is 0. The number of rotatable bonds is 5. The quantitative estimate of drug-likeness (QED) is 0.903. The average molecular weight is 317 g/mol. The Morgan fingerprint density at radius 1 is 0.864 bits per heavy atom. The number of nitrogens with one attached hydrogen (secondary N) is 1. The van der Waals surface area contributed by atoms with Crippen molar-refractivity contribution in [1.29, 1.82) is 0 Å². The molecule has 0 saturated heterocycles. The second kappa shape index (κ2) is 6.63. The monoisotopic (exact) mass is 317 g/mol. The average Bonchev–Trinajstić information content (AvgIpc) is 2.47. The van der Waals surface area contributed by atoms with Gasteiger partial charge in [0.25, 0.3) is 0 Å². The Kier molecular flexibility index (Phi) is 5.04. The van der Waals surface area contributed by atoms with Crippen molar-refractivity contribution in [3.05, 3.63) is 54.6 Å². The van der Waals surface area contributed by atoms with Gasteiger partial charge in [0.2, 0.25) is 10.0 Å². The number of benzene rings is 2. The van der Waals surface area contributed by atoms with Crippen molar-refractivity contribution in [2.45, 2.75) is 32.1 Å². The van der Waals surface area contributed by atoms with Crippen molar-refractivity contribution >= 4 is 10.0 Å². The summed E-state index contributed by atoms with van der Waals surface area (Å²) in [6.45, 7) is 6.73. The van der Waals surface area contributed by atoms with Crippen LogP contribution >= 0.6 is 0 Å². The van der Waals surface area contributed by atoms with Gasteiger partial charge in [-0.2, -0.15) is 0 Å². The lowest BCUT2D eigenvalue weighted by Gasteiger charge is -2.18.